The summed E-state index contributed by atoms with van der Waals surface area (Å²) in [6.45, 7) is 0.343. The van der Waals surface area contributed by atoms with Gasteiger partial charge in [-0.3, -0.25) is 9.59 Å². The van der Waals surface area contributed by atoms with Crippen LogP contribution in [0.15, 0.2) is 66.7 Å². The van der Waals surface area contributed by atoms with Crippen LogP contribution in [0.2, 0.25) is 0 Å². The number of amides is 2. The molecule has 0 bridgehead atoms. The zero-order valence-corrected chi connectivity index (χ0v) is 15.2. The normalized spacial score (nSPS) is 10.4. The molecular formula is C22H17F3N2O2. The minimum absolute atomic E-state index is 0.100. The Kier molecular flexibility index (Phi) is 6.29. The van der Waals surface area contributed by atoms with Crippen LogP contribution < -0.4 is 10.6 Å². The summed E-state index contributed by atoms with van der Waals surface area (Å²) in [6, 6.07) is 15.0. The van der Waals surface area contributed by atoms with Gasteiger partial charge in [-0.25, -0.2) is 13.2 Å². The zero-order chi connectivity index (χ0) is 20.8. The smallest absolute Gasteiger partial charge is 0.255 e. The molecule has 0 saturated carbocycles. The van der Waals surface area contributed by atoms with Crippen molar-refractivity contribution in [2.45, 2.75) is 6.42 Å². The van der Waals surface area contributed by atoms with Crippen molar-refractivity contribution in [2.24, 2.45) is 0 Å². The molecule has 0 aromatic heterocycles. The van der Waals surface area contributed by atoms with Crippen molar-refractivity contribution in [3.05, 3.63) is 101 Å². The average Bonchev–Trinajstić information content (AvgIpc) is 2.72. The standard InChI is InChI=1S/C22H17F3N2O2/c23-17-6-4-14(5-7-17)10-11-26-21(28)15-2-1-3-16(12-15)22(29)27-18-8-9-19(24)20(25)13-18/h1-9,12-13H,10-11H2,(H,26,28)(H,27,29). The third kappa shape index (κ3) is 5.44. The number of benzene rings is 3. The van der Waals surface area contributed by atoms with E-state index >= 15 is 0 Å². The third-order valence-corrected chi connectivity index (χ3v) is 4.18. The van der Waals surface area contributed by atoms with Gasteiger partial charge in [0.25, 0.3) is 11.8 Å². The highest BCUT2D eigenvalue weighted by atomic mass is 19.2. The van der Waals surface area contributed by atoms with E-state index in [0.717, 1.165) is 17.7 Å². The third-order valence-electron chi connectivity index (χ3n) is 4.18. The van der Waals surface area contributed by atoms with Crippen LogP contribution >= 0.6 is 0 Å². The van der Waals surface area contributed by atoms with Crippen LogP contribution in [0.25, 0.3) is 0 Å². The highest BCUT2D eigenvalue weighted by Gasteiger charge is 2.12. The molecule has 0 aliphatic carbocycles. The average molecular weight is 398 g/mol. The fraction of sp³-hybridized carbons (Fsp3) is 0.0909. The van der Waals surface area contributed by atoms with E-state index in [1.807, 2.05) is 0 Å². The molecule has 2 N–H and O–H groups in total. The number of carbonyl (C=O) groups excluding carboxylic acids is 2. The van der Waals surface area contributed by atoms with E-state index < -0.39 is 17.5 Å². The van der Waals surface area contributed by atoms with E-state index in [-0.39, 0.29) is 28.5 Å². The number of halogens is 3. The monoisotopic (exact) mass is 398 g/mol. The molecule has 0 fully saturated rings. The molecule has 0 spiro atoms. The van der Waals surface area contributed by atoms with Crippen LogP contribution in [0.1, 0.15) is 26.3 Å². The van der Waals surface area contributed by atoms with Crippen molar-refractivity contribution < 1.29 is 22.8 Å². The Bertz CT molecular complexity index is 1040. The molecule has 0 heterocycles. The lowest BCUT2D eigenvalue weighted by Crippen LogP contribution is -2.26. The quantitative estimate of drug-likeness (QED) is 0.649. The molecule has 0 radical (unpaired) electrons. The van der Waals surface area contributed by atoms with Gasteiger partial charge < -0.3 is 10.6 Å². The minimum Gasteiger partial charge on any atom is -0.352 e. The molecule has 4 nitrogen and oxygen atoms in total. The van der Waals surface area contributed by atoms with Gasteiger partial charge in [0.15, 0.2) is 11.6 Å². The number of rotatable bonds is 6. The van der Waals surface area contributed by atoms with E-state index in [1.165, 1.54) is 30.3 Å². The van der Waals surface area contributed by atoms with Crippen molar-refractivity contribution in [3.8, 4) is 0 Å². The van der Waals surface area contributed by atoms with E-state index in [1.54, 1.807) is 24.3 Å². The fourth-order valence-electron chi connectivity index (χ4n) is 2.65. The van der Waals surface area contributed by atoms with Crippen LogP contribution in [-0.4, -0.2) is 18.4 Å². The fourth-order valence-corrected chi connectivity index (χ4v) is 2.65. The SMILES string of the molecule is O=C(NCCc1ccc(F)cc1)c1cccc(C(=O)Nc2ccc(F)c(F)c2)c1. The molecule has 3 rings (SSSR count). The van der Waals surface area contributed by atoms with E-state index in [2.05, 4.69) is 10.6 Å². The van der Waals surface area contributed by atoms with Gasteiger partial charge in [-0.1, -0.05) is 18.2 Å². The molecule has 0 aliphatic rings. The van der Waals surface area contributed by atoms with Crippen LogP contribution in [0.5, 0.6) is 0 Å². The Labute approximate surface area is 165 Å². The highest BCUT2D eigenvalue weighted by molar-refractivity contribution is 6.06. The van der Waals surface area contributed by atoms with Gasteiger partial charge >= 0.3 is 0 Å². The lowest BCUT2D eigenvalue weighted by atomic mass is 10.1. The van der Waals surface area contributed by atoms with Crippen molar-refractivity contribution >= 4 is 17.5 Å². The Morgan fingerprint density at radius 3 is 2.14 bits per heavy atom. The van der Waals surface area contributed by atoms with Gasteiger partial charge in [0, 0.05) is 29.4 Å². The van der Waals surface area contributed by atoms with Gasteiger partial charge in [0.2, 0.25) is 0 Å². The first-order chi connectivity index (χ1) is 13.9. The number of hydrogen-bond acceptors (Lipinski definition) is 2. The zero-order valence-electron chi connectivity index (χ0n) is 15.2. The first-order valence-electron chi connectivity index (χ1n) is 8.81. The van der Waals surface area contributed by atoms with Crippen LogP contribution in [-0.2, 0) is 6.42 Å². The van der Waals surface area contributed by atoms with Crippen molar-refractivity contribution in [1.82, 2.24) is 5.32 Å². The molecule has 148 valence electrons. The summed E-state index contributed by atoms with van der Waals surface area (Å²) in [6.07, 6.45) is 0.530. The summed E-state index contributed by atoms with van der Waals surface area (Å²) in [5.74, 6) is -3.33. The highest BCUT2D eigenvalue weighted by Crippen LogP contribution is 2.15. The van der Waals surface area contributed by atoms with Gasteiger partial charge in [0.1, 0.15) is 5.82 Å². The van der Waals surface area contributed by atoms with Crippen molar-refractivity contribution in [2.75, 3.05) is 11.9 Å². The molecule has 7 heteroatoms. The number of nitrogens with one attached hydrogen (secondary N) is 2. The number of anilines is 1. The lowest BCUT2D eigenvalue weighted by Gasteiger charge is -2.08. The second-order valence-corrected chi connectivity index (χ2v) is 6.30. The maximum absolute atomic E-state index is 13.3. The first-order valence-corrected chi connectivity index (χ1v) is 8.81. The summed E-state index contributed by atoms with van der Waals surface area (Å²) in [5.41, 5.74) is 1.46. The Morgan fingerprint density at radius 2 is 1.45 bits per heavy atom. The number of carbonyl (C=O) groups is 2. The van der Waals surface area contributed by atoms with E-state index in [0.29, 0.717) is 13.0 Å². The summed E-state index contributed by atoms with van der Waals surface area (Å²) in [4.78, 5) is 24.6. The second-order valence-electron chi connectivity index (χ2n) is 6.30. The summed E-state index contributed by atoms with van der Waals surface area (Å²) in [7, 11) is 0. The Morgan fingerprint density at radius 1 is 0.759 bits per heavy atom. The predicted molar refractivity (Wildman–Crippen MR) is 103 cm³/mol. The van der Waals surface area contributed by atoms with Crippen LogP contribution in [0, 0.1) is 17.5 Å². The van der Waals surface area contributed by atoms with E-state index in [9.17, 15) is 22.8 Å². The molecule has 0 atom stereocenters. The molecule has 0 aliphatic heterocycles. The molecule has 2 amide bonds. The predicted octanol–water partition coefficient (Wildman–Crippen LogP) is 4.33. The largest absolute Gasteiger partial charge is 0.352 e. The first kappa shape index (κ1) is 20.1. The van der Waals surface area contributed by atoms with Gasteiger partial charge in [-0.15, -0.1) is 0 Å². The van der Waals surface area contributed by atoms with Crippen molar-refractivity contribution in [1.29, 1.82) is 0 Å². The molecule has 0 unspecified atom stereocenters. The molecule has 3 aromatic rings. The van der Waals surface area contributed by atoms with Crippen LogP contribution in [0.4, 0.5) is 18.9 Å². The van der Waals surface area contributed by atoms with Crippen LogP contribution in [0.3, 0.4) is 0 Å². The maximum Gasteiger partial charge on any atom is 0.255 e. The van der Waals surface area contributed by atoms with Gasteiger partial charge in [0.05, 0.1) is 0 Å². The molecule has 3 aromatic carbocycles. The summed E-state index contributed by atoms with van der Waals surface area (Å²) >= 11 is 0. The lowest BCUT2D eigenvalue weighted by molar-refractivity contribution is 0.0954. The molecule has 0 saturated heterocycles. The van der Waals surface area contributed by atoms with E-state index in [4.69, 9.17) is 0 Å². The Hall–Kier alpha value is -3.61. The summed E-state index contributed by atoms with van der Waals surface area (Å²) < 4.78 is 39.1. The maximum atomic E-state index is 13.3. The van der Waals surface area contributed by atoms with Crippen molar-refractivity contribution in [3.63, 3.8) is 0 Å². The number of hydrogen-bond donors (Lipinski definition) is 2. The topological polar surface area (TPSA) is 58.2 Å². The second kappa shape index (κ2) is 9.05. The molecule has 29 heavy (non-hydrogen) atoms. The Balaban J connectivity index is 1.60. The van der Waals surface area contributed by atoms with Gasteiger partial charge in [-0.05, 0) is 54.4 Å². The molecular weight excluding hydrogens is 381 g/mol. The summed E-state index contributed by atoms with van der Waals surface area (Å²) in [5, 5.41) is 5.19. The minimum atomic E-state index is -1.07. The van der Waals surface area contributed by atoms with Gasteiger partial charge in [-0.2, -0.15) is 0 Å².